The topological polar surface area (TPSA) is 0 Å². The number of rotatable bonds is 2. The summed E-state index contributed by atoms with van der Waals surface area (Å²) >= 11 is 0. The van der Waals surface area contributed by atoms with Crippen molar-refractivity contribution in [2.24, 2.45) is 0 Å². The van der Waals surface area contributed by atoms with Crippen LogP contribution in [0.1, 0.15) is 44.5 Å². The third-order valence-corrected chi connectivity index (χ3v) is 14.6. The van der Waals surface area contributed by atoms with Crippen LogP contribution in [0, 0.1) is 0 Å². The van der Waals surface area contributed by atoms with E-state index < -0.39 is 47.0 Å². The molecule has 2 heterocycles. The van der Waals surface area contributed by atoms with Crippen molar-refractivity contribution in [3.8, 4) is 44.5 Å². The Morgan fingerprint density at radius 2 is 0.589 bits per heavy atom. The van der Waals surface area contributed by atoms with Gasteiger partial charge in [-0.1, -0.05) is 121 Å². The number of quaternary nitrogens is 1. The summed E-state index contributed by atoms with van der Waals surface area (Å²) in [6, 6.07) is 43.4. The van der Waals surface area contributed by atoms with E-state index in [4.69, 9.17) is 0 Å². The molecule has 12 rings (SSSR count). The Morgan fingerprint density at radius 1 is 0.288 bits per heavy atom. The zero-order valence-electron chi connectivity index (χ0n) is 38.0. The van der Waals surface area contributed by atoms with Gasteiger partial charge in [-0.05, 0) is 125 Å². The fraction of sp³-hybridized carbons (Fsp3) is 0.133. The molecule has 0 N–H and O–H groups in total. The fourth-order valence-electron chi connectivity index (χ4n) is 11.6. The summed E-state index contributed by atoms with van der Waals surface area (Å²) < 4.78 is 178. The molecule has 0 saturated carbocycles. The van der Waals surface area contributed by atoms with Gasteiger partial charge in [-0.3, -0.25) is 0 Å². The molecule has 364 valence electrons. The second-order valence-electron chi connectivity index (χ2n) is 19.2. The highest BCUT2D eigenvalue weighted by Crippen LogP contribution is 2.54. The van der Waals surface area contributed by atoms with Gasteiger partial charge < -0.3 is 4.48 Å². The van der Waals surface area contributed by atoms with Gasteiger partial charge in [0.25, 0.3) is 0 Å². The second-order valence-corrected chi connectivity index (χ2v) is 19.2. The fourth-order valence-corrected chi connectivity index (χ4v) is 11.6. The third kappa shape index (κ3) is 7.87. The van der Waals surface area contributed by atoms with Crippen molar-refractivity contribution in [2.45, 2.75) is 50.9 Å². The Kier molecular flexibility index (Phi) is 10.3. The Hall–Kier alpha value is -7.64. The molecule has 0 amide bonds. The van der Waals surface area contributed by atoms with Gasteiger partial charge in [-0.2, -0.15) is 52.7 Å². The van der Waals surface area contributed by atoms with Crippen molar-refractivity contribution in [1.82, 2.24) is 0 Å². The molecule has 0 radical (unpaired) electrons. The van der Waals surface area contributed by atoms with Crippen LogP contribution >= 0.6 is 0 Å². The van der Waals surface area contributed by atoms with Crippen molar-refractivity contribution in [3.63, 3.8) is 0 Å². The average Bonchev–Trinajstić information content (AvgIpc) is 3.59. The molecule has 2 aliphatic rings. The van der Waals surface area contributed by atoms with Crippen LogP contribution in [0.3, 0.4) is 0 Å². The minimum atomic E-state index is -5.20. The van der Waals surface area contributed by atoms with E-state index in [0.717, 1.165) is 43.8 Å². The van der Waals surface area contributed by atoms with Crippen molar-refractivity contribution in [3.05, 3.63) is 214 Å². The highest BCUT2D eigenvalue weighted by Gasteiger charge is 2.44. The highest BCUT2D eigenvalue weighted by atomic mass is 19.4. The molecule has 0 aromatic heterocycles. The molecule has 73 heavy (non-hydrogen) atoms. The van der Waals surface area contributed by atoms with Crippen molar-refractivity contribution in [1.29, 1.82) is 0 Å². The van der Waals surface area contributed by atoms with E-state index in [1.165, 1.54) is 0 Å². The van der Waals surface area contributed by atoms with E-state index in [-0.39, 0.29) is 65.0 Å². The van der Waals surface area contributed by atoms with Crippen LogP contribution < -0.4 is 0 Å². The normalized spacial score (nSPS) is 14.7. The zero-order chi connectivity index (χ0) is 51.0. The molecule has 13 heteroatoms. The van der Waals surface area contributed by atoms with Crippen molar-refractivity contribution < 1.29 is 57.2 Å². The molecule has 10 aromatic carbocycles. The molecule has 0 bridgehead atoms. The number of hydrogen-bond acceptors (Lipinski definition) is 0. The van der Waals surface area contributed by atoms with E-state index in [1.54, 1.807) is 60.7 Å². The minimum absolute atomic E-state index is 0.0382. The molecule has 0 aliphatic carbocycles. The molecular weight excluding hydrogens is 963 g/mol. The predicted molar refractivity (Wildman–Crippen MR) is 260 cm³/mol. The Bertz CT molecular complexity index is 3610. The maximum atomic E-state index is 14.8. The van der Waals surface area contributed by atoms with Crippen LogP contribution in [-0.2, 0) is 50.9 Å². The number of alkyl halides is 12. The summed E-state index contributed by atoms with van der Waals surface area (Å²) in [6.07, 6.45) is -20.8. The molecular formula is C60H36F12N+. The second kappa shape index (κ2) is 16.2. The van der Waals surface area contributed by atoms with Crippen molar-refractivity contribution >= 4 is 43.1 Å². The number of benzene rings is 10. The maximum Gasteiger partial charge on any atom is 0.416 e. The van der Waals surface area contributed by atoms with Gasteiger partial charge in [0, 0.05) is 33.4 Å². The van der Waals surface area contributed by atoms with Gasteiger partial charge >= 0.3 is 24.7 Å². The summed E-state index contributed by atoms with van der Waals surface area (Å²) in [6.45, 7) is 0.246. The quantitative estimate of drug-likeness (QED) is 0.120. The van der Waals surface area contributed by atoms with Gasteiger partial charge in [0.2, 0.25) is 0 Å². The van der Waals surface area contributed by atoms with E-state index in [2.05, 4.69) is 0 Å². The first-order chi connectivity index (χ1) is 34.6. The summed E-state index contributed by atoms with van der Waals surface area (Å²) in [4.78, 5) is 0. The molecule has 2 aliphatic heterocycles. The molecule has 10 aromatic rings. The summed E-state index contributed by atoms with van der Waals surface area (Å²) in [7, 11) is 0. The van der Waals surface area contributed by atoms with Crippen LogP contribution in [0.25, 0.3) is 87.6 Å². The Balaban J connectivity index is 1.27. The van der Waals surface area contributed by atoms with Crippen molar-refractivity contribution in [2.75, 3.05) is 0 Å². The number of halogens is 12. The van der Waals surface area contributed by atoms with E-state index in [0.29, 0.717) is 68.1 Å². The largest absolute Gasteiger partial charge is 0.416 e. The lowest BCUT2D eigenvalue weighted by atomic mass is 9.81. The minimum Gasteiger partial charge on any atom is -0.309 e. The smallest absolute Gasteiger partial charge is 0.309 e. The van der Waals surface area contributed by atoms with E-state index in [9.17, 15) is 52.7 Å². The van der Waals surface area contributed by atoms with Crippen LogP contribution in [0.15, 0.2) is 170 Å². The third-order valence-electron chi connectivity index (χ3n) is 14.6. The molecule has 0 fully saturated rings. The molecule has 1 nitrogen and oxygen atoms in total. The monoisotopic (exact) mass is 998 g/mol. The molecule has 1 spiro atoms. The Morgan fingerprint density at radius 3 is 0.918 bits per heavy atom. The lowest BCUT2D eigenvalue weighted by Crippen LogP contribution is -2.44. The lowest BCUT2D eigenvalue weighted by Gasteiger charge is -2.39. The lowest BCUT2D eigenvalue weighted by molar-refractivity contribution is -0.977. The number of nitrogens with zero attached hydrogens (tertiary/aromatic N) is 1. The van der Waals surface area contributed by atoms with Gasteiger partial charge in [-0.15, -0.1) is 0 Å². The first kappa shape index (κ1) is 46.4. The Labute approximate surface area is 408 Å². The molecule has 0 atom stereocenters. The standard InChI is InChI=1S/C60H36F12N/c61-57(62,63)41-21-39(22-42(27-41)58(64,65)66)49-25-35-11-3-7-15-47(35)55-51(49)31-73(29-37-19-17-33-9-1-5-13-45(33)53(37)54-38(30-73)20-18-34-10-2-6-14-46(34)54)32-52-50(26-36-12-4-8-16-48(36)56(52)55)40-23-43(59(67,68)69)28-44(24-40)60(70,71)72/h1-28H,29-32H2/q+1. The SMILES string of the molecule is FC(F)(F)c1cc(-c2cc3ccccc3c3c2C[N+]2(Cc4ccc5ccccc5c4-c4c(ccc5ccccc45)C2)Cc2c(-c4cc(C(F)(F)F)cc(C(F)(F)F)c4)cc4ccccc4c2-3)cc(C(F)(F)F)c1. The summed E-state index contributed by atoms with van der Waals surface area (Å²) in [5.74, 6) is 0. The molecule has 0 saturated heterocycles. The van der Waals surface area contributed by atoms with Crippen LogP contribution in [0.4, 0.5) is 52.7 Å². The van der Waals surface area contributed by atoms with E-state index >= 15 is 0 Å². The predicted octanol–water partition coefficient (Wildman–Crippen LogP) is 18.6. The van der Waals surface area contributed by atoms with Crippen LogP contribution in [-0.4, -0.2) is 4.48 Å². The van der Waals surface area contributed by atoms with Gasteiger partial charge in [0.15, 0.2) is 0 Å². The molecule has 0 unspecified atom stereocenters. The first-order valence-electron chi connectivity index (χ1n) is 23.2. The zero-order valence-corrected chi connectivity index (χ0v) is 38.0. The van der Waals surface area contributed by atoms with E-state index in [1.807, 2.05) is 72.8 Å². The average molecular weight is 999 g/mol. The van der Waals surface area contributed by atoms with Crippen LogP contribution in [0.2, 0.25) is 0 Å². The number of hydrogen-bond donors (Lipinski definition) is 0. The van der Waals surface area contributed by atoms with Gasteiger partial charge in [0.1, 0.15) is 26.2 Å². The maximum absolute atomic E-state index is 14.8. The van der Waals surface area contributed by atoms with Gasteiger partial charge in [-0.25, -0.2) is 0 Å². The number of fused-ring (bicyclic) bond motifs is 14. The van der Waals surface area contributed by atoms with Gasteiger partial charge in [0.05, 0.1) is 22.3 Å². The van der Waals surface area contributed by atoms with Crippen LogP contribution in [0.5, 0.6) is 0 Å². The highest BCUT2D eigenvalue weighted by molar-refractivity contribution is 6.12. The summed E-state index contributed by atoms with van der Waals surface area (Å²) in [5.41, 5.74) is -1.72. The summed E-state index contributed by atoms with van der Waals surface area (Å²) in [5, 5.41) is 5.60. The first-order valence-corrected chi connectivity index (χ1v) is 23.2.